The van der Waals surface area contributed by atoms with Gasteiger partial charge in [-0.2, -0.15) is 0 Å². The first-order chi connectivity index (χ1) is 14.3. The van der Waals surface area contributed by atoms with Crippen LogP contribution in [0.2, 0.25) is 0 Å². The summed E-state index contributed by atoms with van der Waals surface area (Å²) < 4.78 is 11.5. The lowest BCUT2D eigenvalue weighted by atomic mass is 10.1. The highest BCUT2D eigenvalue weighted by atomic mass is 16.5. The van der Waals surface area contributed by atoms with Crippen molar-refractivity contribution in [3.8, 4) is 5.75 Å². The first-order valence-electron chi connectivity index (χ1n) is 10.7. The monoisotopic (exact) mass is 397 g/mol. The molecule has 156 valence electrons. The van der Waals surface area contributed by atoms with Crippen LogP contribution in [-0.4, -0.2) is 60.4 Å². The fourth-order valence-electron chi connectivity index (χ4n) is 3.80. The first-order valence-corrected chi connectivity index (χ1v) is 10.7. The molecular weight excluding hydrogens is 366 g/mol. The van der Waals surface area contributed by atoms with Crippen LogP contribution in [0.5, 0.6) is 5.75 Å². The van der Waals surface area contributed by atoms with Crippen LogP contribution in [0.3, 0.4) is 0 Å². The van der Waals surface area contributed by atoms with Crippen molar-refractivity contribution < 1.29 is 9.47 Å². The van der Waals surface area contributed by atoms with Crippen molar-refractivity contribution >= 4 is 17.3 Å². The Morgan fingerprint density at radius 3 is 2.66 bits per heavy atom. The summed E-state index contributed by atoms with van der Waals surface area (Å²) >= 11 is 0. The second-order valence-electron chi connectivity index (χ2n) is 7.70. The number of rotatable bonds is 9. The lowest BCUT2D eigenvalue weighted by Gasteiger charge is -2.26. The van der Waals surface area contributed by atoms with Crippen LogP contribution in [-0.2, 0) is 4.74 Å². The number of ether oxygens (including phenoxy) is 2. The summed E-state index contributed by atoms with van der Waals surface area (Å²) in [5, 5.41) is 6.65. The molecule has 1 aromatic carbocycles. The largest absolute Gasteiger partial charge is 0.492 e. The smallest absolute Gasteiger partial charge is 0.135 e. The van der Waals surface area contributed by atoms with Gasteiger partial charge in [-0.3, -0.25) is 4.90 Å². The molecule has 0 aliphatic carbocycles. The number of likely N-dealkylation sites (tertiary alicyclic amines) is 1. The first kappa shape index (κ1) is 19.9. The molecule has 2 fully saturated rings. The second-order valence-corrected chi connectivity index (χ2v) is 7.70. The van der Waals surface area contributed by atoms with Gasteiger partial charge in [0.2, 0.25) is 0 Å². The van der Waals surface area contributed by atoms with Gasteiger partial charge in [-0.05, 0) is 63.0 Å². The lowest BCUT2D eigenvalue weighted by Crippen LogP contribution is -2.33. The van der Waals surface area contributed by atoms with Gasteiger partial charge in [0.05, 0.1) is 6.10 Å². The van der Waals surface area contributed by atoms with E-state index in [-0.39, 0.29) is 6.10 Å². The molecule has 1 atom stereocenters. The number of benzene rings is 1. The Bertz CT molecular complexity index is 743. The predicted octanol–water partition coefficient (Wildman–Crippen LogP) is 3.68. The Balaban J connectivity index is 1.23. The Labute approximate surface area is 172 Å². The quantitative estimate of drug-likeness (QED) is 0.669. The Kier molecular flexibility index (Phi) is 7.15. The zero-order chi connectivity index (χ0) is 19.7. The van der Waals surface area contributed by atoms with Crippen molar-refractivity contribution in [2.24, 2.45) is 0 Å². The zero-order valence-electron chi connectivity index (χ0n) is 17.0. The van der Waals surface area contributed by atoms with Crippen LogP contribution < -0.4 is 15.4 Å². The van der Waals surface area contributed by atoms with E-state index in [2.05, 4.69) is 25.5 Å². The van der Waals surface area contributed by atoms with Gasteiger partial charge in [-0.25, -0.2) is 9.97 Å². The lowest BCUT2D eigenvalue weighted by molar-refractivity contribution is 0.120. The average molecular weight is 398 g/mol. The highest BCUT2D eigenvalue weighted by Gasteiger charge is 2.15. The van der Waals surface area contributed by atoms with E-state index in [1.807, 2.05) is 30.3 Å². The van der Waals surface area contributed by atoms with Gasteiger partial charge in [-0.1, -0.05) is 6.42 Å². The van der Waals surface area contributed by atoms with Gasteiger partial charge in [-0.15, -0.1) is 0 Å². The molecule has 0 saturated carbocycles. The van der Waals surface area contributed by atoms with Crippen LogP contribution >= 0.6 is 0 Å². The number of hydrogen-bond donors (Lipinski definition) is 2. The Morgan fingerprint density at radius 2 is 1.86 bits per heavy atom. The van der Waals surface area contributed by atoms with Crippen LogP contribution in [0.1, 0.15) is 32.1 Å². The van der Waals surface area contributed by atoms with Gasteiger partial charge in [0, 0.05) is 31.5 Å². The topological polar surface area (TPSA) is 71.5 Å². The number of nitrogens with zero attached hydrogens (tertiary/aromatic N) is 3. The minimum atomic E-state index is 0.281. The normalized spacial score (nSPS) is 19.8. The molecule has 0 spiro atoms. The fourth-order valence-corrected chi connectivity index (χ4v) is 3.80. The van der Waals surface area contributed by atoms with E-state index >= 15 is 0 Å². The summed E-state index contributed by atoms with van der Waals surface area (Å²) in [5.41, 5.74) is 0.970. The zero-order valence-corrected chi connectivity index (χ0v) is 17.0. The van der Waals surface area contributed by atoms with Crippen LogP contribution in [0.4, 0.5) is 17.3 Å². The summed E-state index contributed by atoms with van der Waals surface area (Å²) in [7, 11) is 0. The van der Waals surface area contributed by atoms with E-state index in [9.17, 15) is 0 Å². The fraction of sp³-hybridized carbons (Fsp3) is 0.545. The Hall–Kier alpha value is -2.38. The number of nitrogens with one attached hydrogen (secondary N) is 2. The number of piperidine rings is 1. The van der Waals surface area contributed by atoms with Crippen molar-refractivity contribution in [3.05, 3.63) is 36.7 Å². The minimum absolute atomic E-state index is 0.281. The van der Waals surface area contributed by atoms with Crippen molar-refractivity contribution in [2.75, 3.05) is 50.0 Å². The summed E-state index contributed by atoms with van der Waals surface area (Å²) in [6.07, 6.45) is 8.09. The molecule has 0 bridgehead atoms. The van der Waals surface area contributed by atoms with Gasteiger partial charge < -0.3 is 20.1 Å². The molecule has 2 aromatic rings. The summed E-state index contributed by atoms with van der Waals surface area (Å²) in [6.45, 7) is 5.78. The van der Waals surface area contributed by atoms with E-state index in [0.717, 1.165) is 62.2 Å². The molecule has 0 amide bonds. The third-order valence-corrected chi connectivity index (χ3v) is 5.45. The van der Waals surface area contributed by atoms with Gasteiger partial charge in [0.1, 0.15) is 30.3 Å². The minimum Gasteiger partial charge on any atom is -0.492 e. The van der Waals surface area contributed by atoms with E-state index in [0.29, 0.717) is 0 Å². The molecule has 2 saturated heterocycles. The van der Waals surface area contributed by atoms with Crippen LogP contribution in [0, 0.1) is 0 Å². The molecular formula is C22H31N5O2. The van der Waals surface area contributed by atoms with E-state index in [1.54, 1.807) is 6.33 Å². The van der Waals surface area contributed by atoms with E-state index in [1.165, 1.54) is 32.4 Å². The maximum atomic E-state index is 5.90. The summed E-state index contributed by atoms with van der Waals surface area (Å²) in [6, 6.07) is 9.93. The molecule has 0 radical (unpaired) electrons. The highest BCUT2D eigenvalue weighted by Crippen LogP contribution is 2.20. The molecule has 2 N–H and O–H groups in total. The molecule has 2 aliphatic rings. The van der Waals surface area contributed by atoms with Crippen molar-refractivity contribution in [1.82, 2.24) is 14.9 Å². The van der Waals surface area contributed by atoms with Crippen molar-refractivity contribution in [3.63, 3.8) is 0 Å². The van der Waals surface area contributed by atoms with Crippen LogP contribution in [0.25, 0.3) is 0 Å². The van der Waals surface area contributed by atoms with Gasteiger partial charge >= 0.3 is 0 Å². The van der Waals surface area contributed by atoms with Crippen molar-refractivity contribution in [2.45, 2.75) is 38.2 Å². The van der Waals surface area contributed by atoms with Crippen LogP contribution in [0.15, 0.2) is 36.7 Å². The van der Waals surface area contributed by atoms with Crippen molar-refractivity contribution in [1.29, 1.82) is 0 Å². The maximum absolute atomic E-state index is 5.90. The molecule has 1 aromatic heterocycles. The van der Waals surface area contributed by atoms with Gasteiger partial charge in [0.25, 0.3) is 0 Å². The molecule has 7 heteroatoms. The number of anilines is 3. The SMILES string of the molecule is c1nc(NCC2CCCO2)cc(Nc2ccc(OCCN3CCCCC3)cc2)n1. The molecule has 7 nitrogen and oxygen atoms in total. The number of aromatic nitrogens is 2. The van der Waals surface area contributed by atoms with E-state index < -0.39 is 0 Å². The molecule has 29 heavy (non-hydrogen) atoms. The average Bonchev–Trinajstić information content (AvgIpc) is 3.28. The molecule has 2 aliphatic heterocycles. The molecule has 4 rings (SSSR count). The maximum Gasteiger partial charge on any atom is 0.135 e. The van der Waals surface area contributed by atoms with E-state index in [4.69, 9.17) is 9.47 Å². The predicted molar refractivity (Wildman–Crippen MR) is 115 cm³/mol. The second kappa shape index (κ2) is 10.4. The third kappa shape index (κ3) is 6.30. The highest BCUT2D eigenvalue weighted by molar-refractivity contribution is 5.59. The Morgan fingerprint density at radius 1 is 1.03 bits per heavy atom. The molecule has 1 unspecified atom stereocenters. The summed E-state index contributed by atoms with van der Waals surface area (Å²) in [4.78, 5) is 11.1. The van der Waals surface area contributed by atoms with Gasteiger partial charge in [0.15, 0.2) is 0 Å². The summed E-state index contributed by atoms with van der Waals surface area (Å²) in [5.74, 6) is 2.46. The molecule has 3 heterocycles. The third-order valence-electron chi connectivity index (χ3n) is 5.45. The number of hydrogen-bond acceptors (Lipinski definition) is 7. The standard InChI is InChI=1S/C22H31N5O2/c1-2-10-27(11-3-1)12-14-29-19-8-6-18(7-9-19)26-22-15-21(24-17-25-22)23-16-20-5-4-13-28-20/h6-9,15,17,20H,1-5,10-14,16H2,(H2,23,24,25,26).